The number of aliphatic hydroxyl groups is 2. The van der Waals surface area contributed by atoms with Crippen LogP contribution in [0.5, 0.6) is 5.75 Å². The summed E-state index contributed by atoms with van der Waals surface area (Å²) in [7, 11) is 0. The number of benzene rings is 2. The number of carbonyl (C=O) groups is 2. The fraction of sp³-hybridized carbons (Fsp3) is 0.576. The predicted octanol–water partition coefficient (Wildman–Crippen LogP) is 1.91. The second kappa shape index (κ2) is 31.9. The van der Waals surface area contributed by atoms with Gasteiger partial charge in [-0.2, -0.15) is 0 Å². The van der Waals surface area contributed by atoms with E-state index in [0.29, 0.717) is 38.5 Å². The Hall–Kier alpha value is -3.38. The SMILES string of the molecule is O=C(CBr)NCC(COCCO)OCCO.O=C(CBr)NCC(COCCOCCc1ccc([N+](=O)[O-])cc1)OCCOCOc1ccc([N+](=O)[O-])cc1. The number of rotatable bonds is 30. The van der Waals surface area contributed by atoms with Gasteiger partial charge in [0.05, 0.1) is 105 Å². The van der Waals surface area contributed by atoms with Crippen molar-refractivity contribution in [3.8, 4) is 5.75 Å². The van der Waals surface area contributed by atoms with Gasteiger partial charge in [0.1, 0.15) is 5.75 Å². The number of nitro benzene ring substituents is 2. The molecule has 21 heteroatoms. The van der Waals surface area contributed by atoms with Crippen molar-refractivity contribution in [2.75, 3.05) is 103 Å². The summed E-state index contributed by atoms with van der Waals surface area (Å²) in [6.45, 7) is 2.88. The van der Waals surface area contributed by atoms with Crippen LogP contribution in [0.25, 0.3) is 0 Å². The number of alkyl halides is 2. The highest BCUT2D eigenvalue weighted by molar-refractivity contribution is 9.09. The average Bonchev–Trinajstić information content (AvgIpc) is 3.18. The normalized spacial score (nSPS) is 11.9. The molecule has 54 heavy (non-hydrogen) atoms. The Labute approximate surface area is 329 Å². The largest absolute Gasteiger partial charge is 0.468 e. The lowest BCUT2D eigenvalue weighted by Crippen LogP contribution is -2.37. The van der Waals surface area contributed by atoms with Gasteiger partial charge in [0, 0.05) is 37.4 Å². The highest BCUT2D eigenvalue weighted by Crippen LogP contribution is 2.17. The van der Waals surface area contributed by atoms with Gasteiger partial charge in [-0.05, 0) is 24.1 Å². The van der Waals surface area contributed by atoms with Crippen LogP contribution < -0.4 is 15.4 Å². The number of non-ortho nitro benzene ring substituents is 2. The maximum Gasteiger partial charge on any atom is 0.269 e. The van der Waals surface area contributed by atoms with Gasteiger partial charge in [-0.3, -0.25) is 29.8 Å². The molecule has 0 aromatic heterocycles. The molecule has 0 heterocycles. The Morgan fingerprint density at radius 1 is 0.648 bits per heavy atom. The Bertz CT molecular complexity index is 1310. The van der Waals surface area contributed by atoms with E-state index in [4.69, 9.17) is 43.4 Å². The third-order valence-corrected chi connectivity index (χ3v) is 7.59. The number of hydrogen-bond donors (Lipinski definition) is 4. The summed E-state index contributed by atoms with van der Waals surface area (Å²) in [5, 5.41) is 44.3. The molecule has 0 fully saturated rings. The van der Waals surface area contributed by atoms with Gasteiger partial charge in [0.25, 0.3) is 11.4 Å². The van der Waals surface area contributed by atoms with E-state index in [1.165, 1.54) is 36.4 Å². The van der Waals surface area contributed by atoms with E-state index in [9.17, 15) is 29.8 Å². The van der Waals surface area contributed by atoms with Gasteiger partial charge in [-0.25, -0.2) is 0 Å². The van der Waals surface area contributed by atoms with Crippen molar-refractivity contribution in [1.29, 1.82) is 0 Å². The lowest BCUT2D eigenvalue weighted by molar-refractivity contribution is -0.385. The summed E-state index contributed by atoms with van der Waals surface area (Å²) in [6.07, 6.45) is -0.102. The fourth-order valence-electron chi connectivity index (χ4n) is 3.90. The number of nitrogens with zero attached hydrogens (tertiary/aromatic N) is 2. The van der Waals surface area contributed by atoms with Crippen LogP contribution in [0.4, 0.5) is 11.4 Å². The van der Waals surface area contributed by atoms with Crippen LogP contribution in [0.1, 0.15) is 5.56 Å². The average molecular weight is 901 g/mol. The van der Waals surface area contributed by atoms with E-state index >= 15 is 0 Å². The van der Waals surface area contributed by atoms with Gasteiger partial charge in [0.15, 0.2) is 6.79 Å². The Kier molecular flexibility index (Phi) is 28.8. The third kappa shape index (κ3) is 24.8. The molecule has 0 spiro atoms. The van der Waals surface area contributed by atoms with Crippen LogP contribution in [-0.2, 0) is 44.4 Å². The predicted molar refractivity (Wildman–Crippen MR) is 201 cm³/mol. The number of amides is 2. The third-order valence-electron chi connectivity index (χ3n) is 6.58. The first kappa shape index (κ1) is 48.6. The second-order valence-corrected chi connectivity index (χ2v) is 11.8. The zero-order chi connectivity index (χ0) is 39.8. The standard InChI is InChI=1S/C24H30BrN3O10.C9H18BrNO5/c25-15-24(29)26-16-23(37-14-13-36-18-38-22-7-5-21(6-8-22)28(32)33)17-35-12-11-34-10-9-19-1-3-20(4-2-19)27(30)31;10-5-9(14)11-6-8(16-4-2-13)7-15-3-1-12/h1-8,23H,9-18H2,(H,26,29);8,12-13H,1-7H2,(H,11,14). The molecule has 0 aliphatic heterocycles. The maximum absolute atomic E-state index is 11.6. The molecule has 2 unspecified atom stereocenters. The number of ether oxygens (including phenoxy) is 7. The quantitative estimate of drug-likeness (QED) is 0.0288. The Morgan fingerprint density at radius 3 is 1.65 bits per heavy atom. The summed E-state index contributed by atoms with van der Waals surface area (Å²) in [5.74, 6) is 0.121. The van der Waals surface area contributed by atoms with Crippen molar-refractivity contribution in [1.82, 2.24) is 10.6 Å². The van der Waals surface area contributed by atoms with Crippen molar-refractivity contribution < 1.29 is 62.8 Å². The van der Waals surface area contributed by atoms with Gasteiger partial charge in [-0.15, -0.1) is 0 Å². The van der Waals surface area contributed by atoms with Crippen LogP contribution in [0, 0.1) is 20.2 Å². The number of hydrogen-bond acceptors (Lipinski definition) is 15. The minimum atomic E-state index is -0.490. The number of halogens is 2. The Morgan fingerprint density at radius 2 is 1.13 bits per heavy atom. The molecular weight excluding hydrogens is 852 g/mol. The zero-order valence-electron chi connectivity index (χ0n) is 29.6. The first-order chi connectivity index (χ1) is 26.1. The van der Waals surface area contributed by atoms with E-state index < -0.39 is 16.0 Å². The van der Waals surface area contributed by atoms with Crippen molar-refractivity contribution >= 4 is 55.0 Å². The Balaban J connectivity index is 0.000000765. The van der Waals surface area contributed by atoms with Crippen LogP contribution in [0.2, 0.25) is 0 Å². The molecule has 2 aromatic carbocycles. The maximum atomic E-state index is 11.6. The molecule has 0 aliphatic rings. The number of carbonyl (C=O) groups excluding carboxylic acids is 2. The molecule has 2 rings (SSSR count). The van der Waals surface area contributed by atoms with Crippen LogP contribution in [-0.4, -0.2) is 147 Å². The van der Waals surface area contributed by atoms with Gasteiger partial charge < -0.3 is 54.0 Å². The summed E-state index contributed by atoms with van der Waals surface area (Å²) in [6, 6.07) is 12.0. The van der Waals surface area contributed by atoms with Crippen molar-refractivity contribution in [3.63, 3.8) is 0 Å². The van der Waals surface area contributed by atoms with Crippen molar-refractivity contribution in [3.05, 3.63) is 74.3 Å². The molecule has 2 atom stereocenters. The lowest BCUT2D eigenvalue weighted by Gasteiger charge is -2.19. The van der Waals surface area contributed by atoms with Gasteiger partial charge >= 0.3 is 0 Å². The number of aliphatic hydroxyl groups excluding tert-OH is 2. The van der Waals surface area contributed by atoms with E-state index in [-0.39, 0.29) is 106 Å². The number of nitro groups is 2. The molecule has 0 bridgehead atoms. The monoisotopic (exact) mass is 898 g/mol. The van der Waals surface area contributed by atoms with Crippen molar-refractivity contribution in [2.24, 2.45) is 0 Å². The first-order valence-corrected chi connectivity index (χ1v) is 18.9. The second-order valence-electron chi connectivity index (χ2n) is 10.7. The van der Waals surface area contributed by atoms with E-state index in [2.05, 4.69) is 42.5 Å². The number of nitrogens with one attached hydrogen (secondary N) is 2. The summed E-state index contributed by atoms with van der Waals surface area (Å²) >= 11 is 6.12. The molecule has 0 saturated carbocycles. The topological polar surface area (TPSA) is 250 Å². The van der Waals surface area contributed by atoms with Gasteiger partial charge in [0.2, 0.25) is 11.8 Å². The van der Waals surface area contributed by atoms with Crippen molar-refractivity contribution in [2.45, 2.75) is 18.6 Å². The van der Waals surface area contributed by atoms with Crippen LogP contribution in [0.15, 0.2) is 48.5 Å². The molecule has 19 nitrogen and oxygen atoms in total. The molecule has 0 saturated heterocycles. The van der Waals surface area contributed by atoms with Crippen LogP contribution >= 0.6 is 31.9 Å². The molecule has 2 aromatic rings. The fourth-order valence-corrected chi connectivity index (χ4v) is 4.29. The molecule has 0 radical (unpaired) electrons. The summed E-state index contributed by atoms with van der Waals surface area (Å²) in [4.78, 5) is 43.0. The highest BCUT2D eigenvalue weighted by atomic mass is 79.9. The van der Waals surface area contributed by atoms with E-state index in [0.717, 1.165) is 5.56 Å². The summed E-state index contributed by atoms with van der Waals surface area (Å²) in [5.41, 5.74) is 0.961. The molecule has 2 amide bonds. The minimum absolute atomic E-state index is 0.0271. The molecular formula is C33H48Br2N4O15. The zero-order valence-corrected chi connectivity index (χ0v) is 32.8. The van der Waals surface area contributed by atoms with Gasteiger partial charge in [-0.1, -0.05) is 44.0 Å². The molecule has 4 N–H and O–H groups in total. The first-order valence-electron chi connectivity index (χ1n) is 16.6. The summed E-state index contributed by atoms with van der Waals surface area (Å²) < 4.78 is 38.0. The van der Waals surface area contributed by atoms with Crippen LogP contribution in [0.3, 0.4) is 0 Å². The molecule has 0 aliphatic carbocycles. The minimum Gasteiger partial charge on any atom is -0.468 e. The lowest BCUT2D eigenvalue weighted by atomic mass is 10.1. The molecule has 304 valence electrons. The van der Waals surface area contributed by atoms with E-state index in [1.807, 2.05) is 0 Å². The highest BCUT2D eigenvalue weighted by Gasteiger charge is 2.13. The van der Waals surface area contributed by atoms with E-state index in [1.54, 1.807) is 12.1 Å². The smallest absolute Gasteiger partial charge is 0.269 e.